The lowest BCUT2D eigenvalue weighted by molar-refractivity contribution is -0.117. The number of amides is 2. The van der Waals surface area contributed by atoms with E-state index in [1.54, 1.807) is 12.3 Å². The molecule has 0 saturated carbocycles. The van der Waals surface area contributed by atoms with Gasteiger partial charge in [0, 0.05) is 38.8 Å². The molecule has 8 nitrogen and oxygen atoms in total. The summed E-state index contributed by atoms with van der Waals surface area (Å²) in [5.74, 6) is -0.0882. The van der Waals surface area contributed by atoms with Crippen molar-refractivity contribution in [1.29, 1.82) is 0 Å². The van der Waals surface area contributed by atoms with Crippen LogP contribution in [0.3, 0.4) is 0 Å². The van der Waals surface area contributed by atoms with Crippen LogP contribution >= 0.6 is 11.3 Å². The Balaban J connectivity index is 1.43. The van der Waals surface area contributed by atoms with E-state index < -0.39 is 0 Å². The van der Waals surface area contributed by atoms with Crippen LogP contribution in [0.4, 0.5) is 5.13 Å². The molecule has 134 valence electrons. The van der Waals surface area contributed by atoms with Crippen LogP contribution in [0.1, 0.15) is 28.8 Å². The smallest absolute Gasteiger partial charge is 0.270 e. The molecule has 2 aromatic rings. The van der Waals surface area contributed by atoms with Gasteiger partial charge in [0.15, 0.2) is 0 Å². The van der Waals surface area contributed by atoms with Gasteiger partial charge in [-0.2, -0.15) is 0 Å². The molecular weight excluding hydrogens is 340 g/mol. The number of hydrogen-bond donors (Lipinski definition) is 2. The zero-order chi connectivity index (χ0) is 17.6. The first kappa shape index (κ1) is 17.6. The highest BCUT2D eigenvalue weighted by Crippen LogP contribution is 2.16. The van der Waals surface area contributed by atoms with Crippen LogP contribution in [0.25, 0.3) is 0 Å². The topological polar surface area (TPSA) is 94.2 Å². The highest BCUT2D eigenvalue weighted by atomic mass is 32.1. The molecule has 1 fully saturated rings. The average molecular weight is 362 g/mol. The fraction of sp³-hybridized carbons (Fsp3) is 0.500. The van der Waals surface area contributed by atoms with Gasteiger partial charge in [0.25, 0.3) is 5.91 Å². The fourth-order valence-electron chi connectivity index (χ4n) is 2.72. The van der Waals surface area contributed by atoms with E-state index in [2.05, 4.69) is 27.4 Å². The summed E-state index contributed by atoms with van der Waals surface area (Å²) in [6.45, 7) is 4.97. The van der Waals surface area contributed by atoms with Gasteiger partial charge in [-0.25, -0.2) is 0 Å². The Hall–Kier alpha value is -2.26. The maximum atomic E-state index is 12.3. The Morgan fingerprint density at radius 2 is 2.08 bits per heavy atom. The van der Waals surface area contributed by atoms with Crippen LogP contribution in [0.5, 0.6) is 0 Å². The van der Waals surface area contributed by atoms with Crippen molar-refractivity contribution in [3.63, 3.8) is 0 Å². The summed E-state index contributed by atoms with van der Waals surface area (Å²) < 4.78 is 0. The molecule has 0 aliphatic carbocycles. The Kier molecular flexibility index (Phi) is 5.77. The number of aromatic nitrogens is 3. The Bertz CT molecular complexity index is 706. The molecule has 0 unspecified atom stereocenters. The summed E-state index contributed by atoms with van der Waals surface area (Å²) in [5.41, 5.74) is 0.602. The van der Waals surface area contributed by atoms with Gasteiger partial charge in [0.2, 0.25) is 11.0 Å². The van der Waals surface area contributed by atoms with Gasteiger partial charge >= 0.3 is 0 Å². The molecule has 2 N–H and O–H groups in total. The van der Waals surface area contributed by atoms with Gasteiger partial charge in [-0.1, -0.05) is 18.3 Å². The van der Waals surface area contributed by atoms with Crippen molar-refractivity contribution in [1.82, 2.24) is 25.0 Å². The van der Waals surface area contributed by atoms with Crippen molar-refractivity contribution in [2.75, 3.05) is 38.0 Å². The third kappa shape index (κ3) is 4.64. The largest absolute Gasteiger partial charge is 0.357 e. The van der Waals surface area contributed by atoms with Crippen molar-refractivity contribution in [3.8, 4) is 0 Å². The van der Waals surface area contributed by atoms with Crippen LogP contribution < -0.4 is 5.32 Å². The lowest BCUT2D eigenvalue weighted by atomic mass is 10.2. The molecule has 25 heavy (non-hydrogen) atoms. The van der Waals surface area contributed by atoms with Gasteiger partial charge in [0.05, 0.1) is 6.54 Å². The number of nitrogens with one attached hydrogen (secondary N) is 2. The Morgan fingerprint density at radius 3 is 2.76 bits per heavy atom. The van der Waals surface area contributed by atoms with E-state index in [0.29, 0.717) is 43.5 Å². The molecule has 2 aromatic heterocycles. The molecule has 3 rings (SSSR count). The fourth-order valence-corrected chi connectivity index (χ4v) is 3.58. The first-order valence-electron chi connectivity index (χ1n) is 8.43. The number of carbonyl (C=O) groups is 2. The second kappa shape index (κ2) is 8.21. The molecule has 9 heteroatoms. The highest BCUT2D eigenvalue weighted by Gasteiger charge is 2.23. The van der Waals surface area contributed by atoms with E-state index in [4.69, 9.17) is 0 Å². The number of aromatic amines is 1. The molecule has 0 spiro atoms. The number of aryl methyl sites for hydroxylation is 1. The number of rotatable bonds is 6. The van der Waals surface area contributed by atoms with E-state index >= 15 is 0 Å². The van der Waals surface area contributed by atoms with Crippen molar-refractivity contribution in [2.45, 2.75) is 19.8 Å². The van der Waals surface area contributed by atoms with Crippen LogP contribution in [0.15, 0.2) is 18.3 Å². The highest BCUT2D eigenvalue weighted by molar-refractivity contribution is 7.15. The molecular formula is C16H22N6O2S. The van der Waals surface area contributed by atoms with Crippen molar-refractivity contribution in [2.24, 2.45) is 0 Å². The van der Waals surface area contributed by atoms with Crippen molar-refractivity contribution < 1.29 is 9.59 Å². The van der Waals surface area contributed by atoms with Gasteiger partial charge in [-0.05, 0) is 18.6 Å². The maximum Gasteiger partial charge on any atom is 0.270 e. The molecule has 0 aromatic carbocycles. The molecule has 2 amide bonds. The summed E-state index contributed by atoms with van der Waals surface area (Å²) >= 11 is 1.42. The predicted molar refractivity (Wildman–Crippen MR) is 95.7 cm³/mol. The van der Waals surface area contributed by atoms with Crippen LogP contribution in [-0.4, -0.2) is 69.5 Å². The minimum atomic E-state index is -0.0941. The molecule has 1 saturated heterocycles. The lowest BCUT2D eigenvalue weighted by Crippen LogP contribution is -2.50. The Labute approximate surface area is 150 Å². The number of anilines is 1. The normalized spacial score (nSPS) is 15.3. The molecule has 0 atom stereocenters. The summed E-state index contributed by atoms with van der Waals surface area (Å²) in [6.07, 6.45) is 3.63. The molecule has 3 heterocycles. The van der Waals surface area contributed by atoms with E-state index in [-0.39, 0.29) is 11.8 Å². The number of piperazine rings is 1. The quantitative estimate of drug-likeness (QED) is 0.806. The van der Waals surface area contributed by atoms with Gasteiger partial charge in [-0.3, -0.25) is 19.8 Å². The summed E-state index contributed by atoms with van der Waals surface area (Å²) in [7, 11) is 0. The van der Waals surface area contributed by atoms with Crippen LogP contribution in [0.2, 0.25) is 0 Å². The molecule has 1 aliphatic heterocycles. The first-order valence-corrected chi connectivity index (χ1v) is 9.24. The first-order chi connectivity index (χ1) is 12.2. The van der Waals surface area contributed by atoms with Gasteiger partial charge < -0.3 is 9.88 Å². The SMILES string of the molecule is CCCc1nnc(NC(=O)CN2CCN(C(=O)c3ccc[nH]3)CC2)s1. The van der Waals surface area contributed by atoms with Crippen molar-refractivity contribution in [3.05, 3.63) is 29.0 Å². The number of nitrogens with zero attached hydrogens (tertiary/aromatic N) is 4. The standard InChI is InChI=1S/C16H22N6O2S/c1-2-4-14-19-20-16(25-14)18-13(23)11-21-7-9-22(10-8-21)15(24)12-5-3-6-17-12/h3,5-6,17H,2,4,7-11H2,1H3,(H,18,20,23). The van der Waals surface area contributed by atoms with Gasteiger partial charge in [0.1, 0.15) is 10.7 Å². The maximum absolute atomic E-state index is 12.3. The number of H-pyrrole nitrogens is 1. The minimum Gasteiger partial charge on any atom is -0.357 e. The van der Waals surface area contributed by atoms with Gasteiger partial charge in [-0.15, -0.1) is 10.2 Å². The third-order valence-electron chi connectivity index (χ3n) is 4.03. The van der Waals surface area contributed by atoms with Crippen LogP contribution in [-0.2, 0) is 11.2 Å². The number of hydrogen-bond acceptors (Lipinski definition) is 6. The average Bonchev–Trinajstić information content (AvgIpc) is 3.27. The van der Waals surface area contributed by atoms with E-state index in [0.717, 1.165) is 17.8 Å². The second-order valence-corrected chi connectivity index (χ2v) is 7.01. The zero-order valence-corrected chi connectivity index (χ0v) is 15.0. The summed E-state index contributed by atoms with van der Waals surface area (Å²) in [5, 5.41) is 12.3. The van der Waals surface area contributed by atoms with Crippen molar-refractivity contribution >= 4 is 28.3 Å². The zero-order valence-electron chi connectivity index (χ0n) is 14.2. The molecule has 1 aliphatic rings. The predicted octanol–water partition coefficient (Wildman–Crippen LogP) is 1.22. The second-order valence-electron chi connectivity index (χ2n) is 5.95. The van der Waals surface area contributed by atoms with E-state index in [1.807, 2.05) is 15.9 Å². The third-order valence-corrected chi connectivity index (χ3v) is 4.93. The molecule has 0 bridgehead atoms. The van der Waals surface area contributed by atoms with E-state index in [9.17, 15) is 9.59 Å². The summed E-state index contributed by atoms with van der Waals surface area (Å²) in [6, 6.07) is 3.59. The van der Waals surface area contributed by atoms with Crippen LogP contribution in [0, 0.1) is 0 Å². The monoisotopic (exact) mass is 362 g/mol. The molecule has 0 radical (unpaired) electrons. The lowest BCUT2D eigenvalue weighted by Gasteiger charge is -2.34. The number of carbonyl (C=O) groups excluding carboxylic acids is 2. The summed E-state index contributed by atoms with van der Waals surface area (Å²) in [4.78, 5) is 31.2. The minimum absolute atomic E-state index is 0.00594. The Morgan fingerprint density at radius 1 is 1.28 bits per heavy atom. The van der Waals surface area contributed by atoms with E-state index in [1.165, 1.54) is 11.3 Å².